The van der Waals surface area contributed by atoms with Crippen molar-refractivity contribution in [3.05, 3.63) is 78.0 Å². The Morgan fingerprint density at radius 1 is 0.970 bits per heavy atom. The Morgan fingerprint density at radius 3 is 2.39 bits per heavy atom. The average Bonchev–Trinajstić information content (AvgIpc) is 3.35. The number of nitrogens with one attached hydrogen (secondary N) is 2. The molecular formula is C27H31N3O3. The lowest BCUT2D eigenvalue weighted by Crippen LogP contribution is -2.44. The van der Waals surface area contributed by atoms with Gasteiger partial charge in [-0.1, -0.05) is 61.7 Å². The fraction of sp³-hybridized carbons (Fsp3) is 0.333. The molecule has 1 aliphatic carbocycles. The smallest absolute Gasteiger partial charge is 0.271 e. The molecule has 1 fully saturated rings. The third kappa shape index (κ3) is 6.04. The minimum Gasteiger partial charge on any atom is -0.497 e. The number of methoxy groups -OCH3 is 1. The standard InChI is InChI=1S/C27H31N3O3/c1-33-23-14-12-20(13-15-23)18-30(19-26(31)28-22-10-6-3-7-11-22)27(32)25-17-16-24(29-25)21-8-4-2-5-9-21/h2,4-5,8-9,12-17,22,29H,3,6-7,10-11,18-19H2,1H3,(H,28,31). The van der Waals surface area contributed by atoms with Gasteiger partial charge >= 0.3 is 0 Å². The summed E-state index contributed by atoms with van der Waals surface area (Å²) in [6.07, 6.45) is 5.53. The molecule has 2 amide bonds. The maximum absolute atomic E-state index is 13.4. The van der Waals surface area contributed by atoms with Gasteiger partial charge in [-0.25, -0.2) is 0 Å². The predicted octanol–water partition coefficient (Wildman–Crippen LogP) is 4.78. The molecular weight excluding hydrogens is 414 g/mol. The first kappa shape index (κ1) is 22.6. The molecule has 1 aliphatic rings. The minimum absolute atomic E-state index is 0.0149. The van der Waals surface area contributed by atoms with Crippen LogP contribution < -0.4 is 10.1 Å². The number of amides is 2. The molecule has 0 saturated heterocycles. The van der Waals surface area contributed by atoms with Crippen LogP contribution in [-0.4, -0.2) is 41.4 Å². The average molecular weight is 446 g/mol. The van der Waals surface area contributed by atoms with Crippen LogP contribution in [0.15, 0.2) is 66.7 Å². The van der Waals surface area contributed by atoms with Crippen molar-refractivity contribution in [1.29, 1.82) is 0 Å². The summed E-state index contributed by atoms with van der Waals surface area (Å²) < 4.78 is 5.24. The lowest BCUT2D eigenvalue weighted by Gasteiger charge is -2.26. The molecule has 0 spiro atoms. The van der Waals surface area contributed by atoms with Crippen molar-refractivity contribution in [2.75, 3.05) is 13.7 Å². The molecule has 1 heterocycles. The van der Waals surface area contributed by atoms with E-state index in [1.54, 1.807) is 18.1 Å². The molecule has 172 valence electrons. The number of carbonyl (C=O) groups is 2. The molecule has 3 aromatic rings. The normalized spacial score (nSPS) is 14.0. The molecule has 1 saturated carbocycles. The van der Waals surface area contributed by atoms with Gasteiger partial charge in [0, 0.05) is 18.3 Å². The van der Waals surface area contributed by atoms with Crippen LogP contribution in [0.25, 0.3) is 11.3 Å². The Balaban J connectivity index is 1.51. The number of rotatable bonds is 8. The summed E-state index contributed by atoms with van der Waals surface area (Å²) in [5.74, 6) is 0.439. The molecule has 0 radical (unpaired) electrons. The van der Waals surface area contributed by atoms with E-state index in [9.17, 15) is 9.59 Å². The van der Waals surface area contributed by atoms with Crippen molar-refractivity contribution in [3.63, 3.8) is 0 Å². The Kier molecular flexibility index (Phi) is 7.45. The Labute approximate surface area is 195 Å². The van der Waals surface area contributed by atoms with Gasteiger partial charge in [-0.05, 0) is 48.2 Å². The maximum Gasteiger partial charge on any atom is 0.271 e. The quantitative estimate of drug-likeness (QED) is 0.524. The van der Waals surface area contributed by atoms with E-state index in [2.05, 4.69) is 10.3 Å². The molecule has 0 bridgehead atoms. The number of ether oxygens (including phenoxy) is 1. The molecule has 2 aromatic carbocycles. The van der Waals surface area contributed by atoms with E-state index in [4.69, 9.17) is 4.74 Å². The first-order valence-electron chi connectivity index (χ1n) is 11.6. The molecule has 4 rings (SSSR count). The van der Waals surface area contributed by atoms with Gasteiger partial charge in [-0.2, -0.15) is 0 Å². The van der Waals surface area contributed by atoms with Gasteiger partial charge in [-0.3, -0.25) is 9.59 Å². The van der Waals surface area contributed by atoms with Gasteiger partial charge in [0.15, 0.2) is 0 Å². The molecule has 6 heteroatoms. The zero-order chi connectivity index (χ0) is 23.0. The van der Waals surface area contributed by atoms with Gasteiger partial charge in [0.2, 0.25) is 5.91 Å². The maximum atomic E-state index is 13.4. The van der Waals surface area contributed by atoms with Crippen molar-refractivity contribution in [2.24, 2.45) is 0 Å². The second-order valence-corrected chi connectivity index (χ2v) is 8.56. The summed E-state index contributed by atoms with van der Waals surface area (Å²) >= 11 is 0. The van der Waals surface area contributed by atoms with Crippen LogP contribution in [0.1, 0.15) is 48.2 Å². The van der Waals surface area contributed by atoms with Gasteiger partial charge < -0.3 is 19.9 Å². The fourth-order valence-corrected chi connectivity index (χ4v) is 4.32. The topological polar surface area (TPSA) is 74.4 Å². The lowest BCUT2D eigenvalue weighted by molar-refractivity contribution is -0.122. The van der Waals surface area contributed by atoms with E-state index >= 15 is 0 Å². The number of benzene rings is 2. The van der Waals surface area contributed by atoms with E-state index in [1.165, 1.54) is 6.42 Å². The molecule has 0 aliphatic heterocycles. The highest BCUT2D eigenvalue weighted by Gasteiger charge is 2.23. The lowest BCUT2D eigenvalue weighted by atomic mass is 9.95. The summed E-state index contributed by atoms with van der Waals surface area (Å²) in [6.45, 7) is 0.349. The second kappa shape index (κ2) is 10.9. The summed E-state index contributed by atoms with van der Waals surface area (Å²) in [7, 11) is 1.62. The third-order valence-electron chi connectivity index (χ3n) is 6.13. The monoisotopic (exact) mass is 445 g/mol. The largest absolute Gasteiger partial charge is 0.497 e. The van der Waals surface area contributed by atoms with Gasteiger partial charge in [0.1, 0.15) is 18.0 Å². The number of nitrogens with zero attached hydrogens (tertiary/aromatic N) is 1. The number of carbonyl (C=O) groups excluding carboxylic acids is 2. The van der Waals surface area contributed by atoms with E-state index in [-0.39, 0.29) is 24.4 Å². The molecule has 0 atom stereocenters. The Hall–Kier alpha value is -3.54. The molecule has 6 nitrogen and oxygen atoms in total. The SMILES string of the molecule is COc1ccc(CN(CC(=O)NC2CCCCC2)C(=O)c2ccc(-c3ccccc3)[nH]2)cc1. The van der Waals surface area contributed by atoms with Crippen molar-refractivity contribution in [2.45, 2.75) is 44.7 Å². The van der Waals surface area contributed by atoms with Crippen LogP contribution in [0.2, 0.25) is 0 Å². The van der Waals surface area contributed by atoms with Crippen LogP contribution in [-0.2, 0) is 11.3 Å². The zero-order valence-electron chi connectivity index (χ0n) is 19.0. The zero-order valence-corrected chi connectivity index (χ0v) is 19.0. The highest BCUT2D eigenvalue weighted by molar-refractivity contribution is 5.95. The third-order valence-corrected chi connectivity index (χ3v) is 6.13. The number of aromatic amines is 1. The molecule has 0 unspecified atom stereocenters. The molecule has 33 heavy (non-hydrogen) atoms. The first-order chi connectivity index (χ1) is 16.1. The van der Waals surface area contributed by atoms with Crippen molar-refractivity contribution in [1.82, 2.24) is 15.2 Å². The van der Waals surface area contributed by atoms with Gasteiger partial charge in [0.25, 0.3) is 5.91 Å². The van der Waals surface area contributed by atoms with Gasteiger partial charge in [-0.15, -0.1) is 0 Å². The van der Waals surface area contributed by atoms with Crippen LogP contribution in [0.3, 0.4) is 0 Å². The van der Waals surface area contributed by atoms with Crippen molar-refractivity contribution in [3.8, 4) is 17.0 Å². The van der Waals surface area contributed by atoms with Crippen LogP contribution in [0.5, 0.6) is 5.75 Å². The van der Waals surface area contributed by atoms with E-state index < -0.39 is 0 Å². The summed E-state index contributed by atoms with van der Waals surface area (Å²) in [5.41, 5.74) is 3.28. The number of H-pyrrole nitrogens is 1. The second-order valence-electron chi connectivity index (χ2n) is 8.56. The highest BCUT2D eigenvalue weighted by Crippen LogP contribution is 2.21. The van der Waals surface area contributed by atoms with E-state index in [0.29, 0.717) is 12.2 Å². The van der Waals surface area contributed by atoms with E-state index in [1.807, 2.05) is 60.7 Å². The summed E-state index contributed by atoms with van der Waals surface area (Å²) in [4.78, 5) is 31.1. The molecule has 2 N–H and O–H groups in total. The Morgan fingerprint density at radius 2 is 1.70 bits per heavy atom. The van der Waals surface area contributed by atoms with Gasteiger partial charge in [0.05, 0.1) is 7.11 Å². The first-order valence-corrected chi connectivity index (χ1v) is 11.6. The van der Waals surface area contributed by atoms with Crippen molar-refractivity contribution < 1.29 is 14.3 Å². The highest BCUT2D eigenvalue weighted by atomic mass is 16.5. The number of hydrogen-bond donors (Lipinski definition) is 2. The molecule has 1 aromatic heterocycles. The van der Waals surface area contributed by atoms with Crippen LogP contribution in [0.4, 0.5) is 0 Å². The summed E-state index contributed by atoms with van der Waals surface area (Å²) in [6, 6.07) is 21.3. The Bertz CT molecular complexity index is 1050. The number of aromatic nitrogens is 1. The summed E-state index contributed by atoms with van der Waals surface area (Å²) in [5, 5.41) is 3.13. The van der Waals surface area contributed by atoms with E-state index in [0.717, 1.165) is 48.3 Å². The fourth-order valence-electron chi connectivity index (χ4n) is 4.32. The van der Waals surface area contributed by atoms with Crippen LogP contribution >= 0.6 is 0 Å². The number of hydrogen-bond acceptors (Lipinski definition) is 3. The predicted molar refractivity (Wildman–Crippen MR) is 129 cm³/mol. The van der Waals surface area contributed by atoms with Crippen molar-refractivity contribution >= 4 is 11.8 Å². The minimum atomic E-state index is -0.202. The van der Waals surface area contributed by atoms with Crippen LogP contribution in [0, 0.1) is 0 Å².